The van der Waals surface area contributed by atoms with Crippen molar-refractivity contribution < 1.29 is 4.74 Å². The van der Waals surface area contributed by atoms with E-state index in [-0.39, 0.29) is 6.10 Å². The minimum absolute atomic E-state index is 0.152. The molecule has 1 atom stereocenters. The quantitative estimate of drug-likeness (QED) is 0.732. The average molecular weight is 222 g/mol. The van der Waals surface area contributed by atoms with Crippen LogP contribution in [0.1, 0.15) is 17.2 Å². The van der Waals surface area contributed by atoms with Crippen molar-refractivity contribution in [3.8, 4) is 0 Å². The Bertz CT molecular complexity index is 344. The van der Waals surface area contributed by atoms with Crippen molar-refractivity contribution in [3.05, 3.63) is 35.4 Å². The monoisotopic (exact) mass is 222 g/mol. The first-order chi connectivity index (χ1) is 7.27. The molecule has 0 amide bonds. The summed E-state index contributed by atoms with van der Waals surface area (Å²) in [5.41, 5.74) is 7.60. The van der Waals surface area contributed by atoms with E-state index in [1.807, 2.05) is 24.3 Å². The topological polar surface area (TPSA) is 47.3 Å². The van der Waals surface area contributed by atoms with Crippen molar-refractivity contribution in [1.82, 2.24) is 5.32 Å². The fourth-order valence-corrected chi connectivity index (χ4v) is 1.78. The number of thiocarbonyl (C=S) groups is 1. The lowest BCUT2D eigenvalue weighted by Gasteiger charge is -2.24. The second-order valence-corrected chi connectivity index (χ2v) is 3.99. The molecule has 0 aliphatic carbocycles. The summed E-state index contributed by atoms with van der Waals surface area (Å²) in [5, 5.41) is 3.30. The summed E-state index contributed by atoms with van der Waals surface area (Å²) in [7, 11) is 0. The van der Waals surface area contributed by atoms with Crippen molar-refractivity contribution in [2.45, 2.75) is 6.10 Å². The van der Waals surface area contributed by atoms with Crippen LogP contribution in [0.5, 0.6) is 0 Å². The molecule has 3 N–H and O–H groups in total. The number of rotatable bonds is 2. The van der Waals surface area contributed by atoms with Crippen LogP contribution in [0, 0.1) is 0 Å². The summed E-state index contributed by atoms with van der Waals surface area (Å²) >= 11 is 4.90. The highest BCUT2D eigenvalue weighted by molar-refractivity contribution is 7.80. The molecule has 15 heavy (non-hydrogen) atoms. The van der Waals surface area contributed by atoms with Crippen molar-refractivity contribution in [2.75, 3.05) is 19.7 Å². The molecule has 1 fully saturated rings. The van der Waals surface area contributed by atoms with Gasteiger partial charge in [0.05, 0.1) is 12.7 Å². The van der Waals surface area contributed by atoms with Crippen LogP contribution in [0.15, 0.2) is 24.3 Å². The van der Waals surface area contributed by atoms with Gasteiger partial charge in [-0.2, -0.15) is 0 Å². The van der Waals surface area contributed by atoms with Gasteiger partial charge in [0.15, 0.2) is 0 Å². The van der Waals surface area contributed by atoms with Crippen LogP contribution in [0.3, 0.4) is 0 Å². The predicted octanol–water partition coefficient (Wildman–Crippen LogP) is 0.982. The zero-order valence-corrected chi connectivity index (χ0v) is 9.22. The maximum absolute atomic E-state index is 5.64. The zero-order valence-electron chi connectivity index (χ0n) is 8.40. The predicted molar refractivity (Wildman–Crippen MR) is 63.9 cm³/mol. The second-order valence-electron chi connectivity index (χ2n) is 3.55. The van der Waals surface area contributed by atoms with E-state index in [4.69, 9.17) is 22.7 Å². The van der Waals surface area contributed by atoms with E-state index in [1.165, 1.54) is 5.56 Å². The van der Waals surface area contributed by atoms with Crippen molar-refractivity contribution in [1.29, 1.82) is 0 Å². The highest BCUT2D eigenvalue weighted by Gasteiger charge is 2.15. The molecule has 1 heterocycles. The van der Waals surface area contributed by atoms with Gasteiger partial charge in [-0.05, 0) is 5.56 Å². The van der Waals surface area contributed by atoms with Gasteiger partial charge in [0.1, 0.15) is 4.99 Å². The van der Waals surface area contributed by atoms with Crippen LogP contribution in [0.25, 0.3) is 0 Å². The maximum atomic E-state index is 5.64. The number of benzene rings is 1. The number of hydrogen-bond donors (Lipinski definition) is 2. The molecule has 1 aliphatic heterocycles. The average Bonchev–Trinajstić information content (AvgIpc) is 2.30. The van der Waals surface area contributed by atoms with Gasteiger partial charge in [0.25, 0.3) is 0 Å². The van der Waals surface area contributed by atoms with E-state index in [1.54, 1.807) is 0 Å². The molecule has 0 spiro atoms. The van der Waals surface area contributed by atoms with Crippen LogP contribution in [0.2, 0.25) is 0 Å². The number of hydrogen-bond acceptors (Lipinski definition) is 3. The number of nitrogens with two attached hydrogens (primary N) is 1. The first-order valence-corrected chi connectivity index (χ1v) is 5.40. The minimum atomic E-state index is 0.152. The van der Waals surface area contributed by atoms with Gasteiger partial charge in [0.2, 0.25) is 0 Å². The van der Waals surface area contributed by atoms with Crippen molar-refractivity contribution >= 4 is 17.2 Å². The van der Waals surface area contributed by atoms with Crippen LogP contribution >= 0.6 is 12.2 Å². The largest absolute Gasteiger partial charge is 0.389 e. The second kappa shape index (κ2) is 4.70. The summed E-state index contributed by atoms with van der Waals surface area (Å²) in [5.74, 6) is 0. The molecule has 0 saturated carbocycles. The molecule has 1 aromatic carbocycles. The molecule has 80 valence electrons. The Kier molecular flexibility index (Phi) is 3.30. The van der Waals surface area contributed by atoms with Gasteiger partial charge in [-0.25, -0.2) is 0 Å². The van der Waals surface area contributed by atoms with Gasteiger partial charge in [-0.1, -0.05) is 36.5 Å². The molecule has 1 aromatic rings. The van der Waals surface area contributed by atoms with E-state index in [2.05, 4.69) is 5.32 Å². The van der Waals surface area contributed by atoms with E-state index in [9.17, 15) is 0 Å². The number of nitrogens with one attached hydrogen (secondary N) is 1. The summed E-state index contributed by atoms with van der Waals surface area (Å²) in [6, 6.07) is 7.92. The minimum Gasteiger partial charge on any atom is -0.389 e. The fraction of sp³-hybridized carbons (Fsp3) is 0.364. The van der Waals surface area contributed by atoms with Gasteiger partial charge in [-0.15, -0.1) is 0 Å². The Hall–Kier alpha value is -0.970. The number of ether oxygens (including phenoxy) is 1. The summed E-state index contributed by atoms with van der Waals surface area (Å²) in [6.45, 7) is 2.57. The van der Waals surface area contributed by atoms with E-state index in [0.717, 1.165) is 25.3 Å². The molecule has 1 aliphatic rings. The summed E-state index contributed by atoms with van der Waals surface area (Å²) < 4.78 is 5.64. The normalized spacial score (nSPS) is 21.2. The third-order valence-electron chi connectivity index (χ3n) is 2.49. The first kappa shape index (κ1) is 10.5. The Balaban J connectivity index is 2.11. The van der Waals surface area contributed by atoms with Crippen LogP contribution in [0.4, 0.5) is 0 Å². The maximum Gasteiger partial charge on any atom is 0.103 e. The lowest BCUT2D eigenvalue weighted by atomic mass is 10.1. The molecular weight excluding hydrogens is 208 g/mol. The smallest absolute Gasteiger partial charge is 0.103 e. The van der Waals surface area contributed by atoms with Gasteiger partial charge < -0.3 is 15.8 Å². The van der Waals surface area contributed by atoms with Gasteiger partial charge >= 0.3 is 0 Å². The van der Waals surface area contributed by atoms with Crippen molar-refractivity contribution in [2.24, 2.45) is 5.73 Å². The molecule has 0 bridgehead atoms. The Morgan fingerprint density at radius 3 is 2.67 bits per heavy atom. The molecule has 0 radical (unpaired) electrons. The van der Waals surface area contributed by atoms with E-state index >= 15 is 0 Å². The van der Waals surface area contributed by atoms with E-state index < -0.39 is 0 Å². The lowest BCUT2D eigenvalue weighted by molar-refractivity contribution is 0.0277. The summed E-state index contributed by atoms with van der Waals surface area (Å²) in [6.07, 6.45) is 0.152. The number of morpholine rings is 1. The SMILES string of the molecule is NC(=S)c1ccc(C2CNCCO2)cc1. The fourth-order valence-electron chi connectivity index (χ4n) is 1.64. The highest BCUT2D eigenvalue weighted by Crippen LogP contribution is 2.18. The Labute approximate surface area is 94.6 Å². The van der Waals surface area contributed by atoms with Crippen molar-refractivity contribution in [3.63, 3.8) is 0 Å². The Morgan fingerprint density at radius 1 is 1.40 bits per heavy atom. The standard InChI is InChI=1S/C11H14N2OS/c12-11(15)9-3-1-8(2-4-9)10-7-13-5-6-14-10/h1-4,10,13H,5-7H2,(H2,12,15). The molecule has 1 unspecified atom stereocenters. The zero-order chi connectivity index (χ0) is 10.7. The molecule has 0 aromatic heterocycles. The van der Waals surface area contributed by atoms with Crippen LogP contribution < -0.4 is 11.1 Å². The highest BCUT2D eigenvalue weighted by atomic mass is 32.1. The molecule has 1 saturated heterocycles. The van der Waals surface area contributed by atoms with E-state index in [0.29, 0.717) is 4.99 Å². The third kappa shape index (κ3) is 2.53. The first-order valence-electron chi connectivity index (χ1n) is 4.99. The van der Waals surface area contributed by atoms with Gasteiger partial charge in [-0.3, -0.25) is 0 Å². The third-order valence-corrected chi connectivity index (χ3v) is 2.73. The summed E-state index contributed by atoms with van der Waals surface area (Å²) in [4.78, 5) is 0.434. The lowest BCUT2D eigenvalue weighted by Crippen LogP contribution is -2.33. The molecular formula is C11H14N2OS. The van der Waals surface area contributed by atoms with Crippen LogP contribution in [-0.2, 0) is 4.74 Å². The van der Waals surface area contributed by atoms with Gasteiger partial charge in [0, 0.05) is 18.7 Å². The Morgan fingerprint density at radius 2 is 2.13 bits per heavy atom. The molecule has 3 nitrogen and oxygen atoms in total. The molecule has 4 heteroatoms. The van der Waals surface area contributed by atoms with Crippen LogP contribution in [-0.4, -0.2) is 24.7 Å². The molecule has 2 rings (SSSR count).